The number of carboxylic acids is 3. The topological polar surface area (TPSA) is 245 Å². The Labute approximate surface area is 278 Å². The maximum atomic E-state index is 13.3. The number of halogens is 4. The average Bonchev–Trinajstić information content (AvgIpc) is 2.99. The van der Waals surface area contributed by atoms with Gasteiger partial charge in [0.25, 0.3) is 0 Å². The van der Waals surface area contributed by atoms with Crippen LogP contribution in [-0.4, -0.2) is 98.9 Å². The second-order valence-electron chi connectivity index (χ2n) is 10.4. The quantitative estimate of drug-likeness (QED) is 0.106. The summed E-state index contributed by atoms with van der Waals surface area (Å²) in [6.07, 6.45) is -6.14. The fourth-order valence-corrected chi connectivity index (χ4v) is 4.03. The number of benzene rings is 1. The maximum Gasteiger partial charge on any atom is 0.490 e. The number of carbonyl (C=O) groups is 8. The normalized spacial score (nSPS) is 13.9. The highest BCUT2D eigenvalue weighted by atomic mass is 35.5. The Kier molecular flexibility index (Phi) is 19.1. The monoisotopic (exact) mass is 710 g/mol. The number of ketones is 1. The van der Waals surface area contributed by atoms with Crippen LogP contribution in [0.15, 0.2) is 30.3 Å². The van der Waals surface area contributed by atoms with Crippen molar-refractivity contribution in [1.29, 1.82) is 0 Å². The summed E-state index contributed by atoms with van der Waals surface area (Å²) in [4.78, 5) is 94.8. The molecule has 0 aliphatic carbocycles. The van der Waals surface area contributed by atoms with E-state index in [0.29, 0.717) is 6.42 Å². The Bertz CT molecular complexity index is 1300. The van der Waals surface area contributed by atoms with Crippen LogP contribution < -0.4 is 21.3 Å². The second-order valence-corrected chi connectivity index (χ2v) is 10.6. The van der Waals surface area contributed by atoms with Gasteiger partial charge in [-0.15, -0.1) is 11.6 Å². The van der Waals surface area contributed by atoms with E-state index in [1.165, 1.54) is 6.92 Å². The molecule has 7 N–H and O–H groups in total. The molecule has 0 heterocycles. The van der Waals surface area contributed by atoms with Crippen molar-refractivity contribution < 1.29 is 66.8 Å². The van der Waals surface area contributed by atoms with Crippen LogP contribution in [0.5, 0.6) is 0 Å². The van der Waals surface area contributed by atoms with Gasteiger partial charge in [0.1, 0.15) is 18.1 Å². The minimum absolute atomic E-state index is 0.0942. The molecule has 268 valence electrons. The lowest BCUT2D eigenvalue weighted by molar-refractivity contribution is -0.192. The van der Waals surface area contributed by atoms with Crippen molar-refractivity contribution >= 4 is 58.9 Å². The molecule has 0 aliphatic rings. The van der Waals surface area contributed by atoms with Crippen LogP contribution in [0.1, 0.15) is 52.0 Å². The van der Waals surface area contributed by atoms with E-state index in [9.17, 15) is 51.8 Å². The molecule has 5 atom stereocenters. The number of carbonyl (C=O) groups excluding carboxylic acids is 5. The average molecular weight is 711 g/mol. The Hall–Kier alpha value is -4.74. The van der Waals surface area contributed by atoms with Gasteiger partial charge in [-0.05, 0) is 17.9 Å². The summed E-state index contributed by atoms with van der Waals surface area (Å²) in [7, 11) is 0. The SMILES string of the molecule is CC[C@H](C)[C@H](NC(=O)[C@H](CCC(=O)O)NC(=O)[C@H](Cc1ccccc1)NC(C)=O)C(=O)N[C@H](CC(=O)O)C(=O)CCl.O=C(O)C(F)(F)F. The summed E-state index contributed by atoms with van der Waals surface area (Å²) >= 11 is 5.55. The molecular weight excluding hydrogens is 673 g/mol. The number of hydrogen-bond donors (Lipinski definition) is 7. The Balaban J connectivity index is 0.00000282. The maximum absolute atomic E-state index is 13.3. The number of carboxylic acid groups (broad SMARTS) is 3. The highest BCUT2D eigenvalue weighted by molar-refractivity contribution is 6.28. The summed E-state index contributed by atoms with van der Waals surface area (Å²) in [5, 5.41) is 35.2. The Morgan fingerprint density at radius 2 is 1.31 bits per heavy atom. The third-order valence-corrected chi connectivity index (χ3v) is 6.77. The van der Waals surface area contributed by atoms with E-state index >= 15 is 0 Å². The fraction of sp³-hybridized carbons (Fsp3) is 0.517. The van der Waals surface area contributed by atoms with Gasteiger partial charge in [0, 0.05) is 19.8 Å². The molecule has 0 saturated carbocycles. The lowest BCUT2D eigenvalue weighted by Gasteiger charge is -2.28. The summed E-state index contributed by atoms with van der Waals surface area (Å²) in [5.41, 5.74) is 0.726. The first kappa shape index (κ1) is 43.3. The molecule has 0 radical (unpaired) electrons. The summed E-state index contributed by atoms with van der Waals surface area (Å²) < 4.78 is 31.7. The lowest BCUT2D eigenvalue weighted by atomic mass is 9.96. The van der Waals surface area contributed by atoms with E-state index in [1.807, 2.05) is 0 Å². The molecule has 15 nitrogen and oxygen atoms in total. The Morgan fingerprint density at radius 1 is 0.792 bits per heavy atom. The number of aliphatic carboxylic acids is 3. The first-order valence-corrected chi connectivity index (χ1v) is 14.8. The van der Waals surface area contributed by atoms with E-state index in [0.717, 1.165) is 5.56 Å². The van der Waals surface area contributed by atoms with Crippen molar-refractivity contribution in [3.63, 3.8) is 0 Å². The first-order valence-electron chi connectivity index (χ1n) is 14.3. The number of rotatable bonds is 18. The van der Waals surface area contributed by atoms with Crippen molar-refractivity contribution in [3.8, 4) is 0 Å². The Morgan fingerprint density at radius 3 is 1.75 bits per heavy atom. The van der Waals surface area contributed by atoms with E-state index in [-0.39, 0.29) is 12.8 Å². The standard InChI is InChI=1S/C27H37ClN4O9.C2HF3O2/c1-4-15(2)24(27(41)31-19(13-23(37)38)21(34)14-28)32-25(39)18(10-11-22(35)36)30-26(40)20(29-16(3)33)12-17-8-6-5-7-9-17;3-2(4,5)1(6)7/h5-9,15,18-20,24H,4,10-14H2,1-3H3,(H,29,33)(H,30,40)(H,31,41)(H,32,39)(H,35,36)(H,37,38);(H,6,7)/t15-,18-,19+,20-,24-;/m0./s1. The van der Waals surface area contributed by atoms with Crippen molar-refractivity contribution in [2.45, 2.75) is 83.2 Å². The molecule has 4 amide bonds. The molecule has 19 heteroatoms. The van der Waals surface area contributed by atoms with Crippen LogP contribution >= 0.6 is 11.6 Å². The highest BCUT2D eigenvalue weighted by Crippen LogP contribution is 2.13. The molecule has 0 unspecified atom stereocenters. The molecule has 0 spiro atoms. The molecule has 0 saturated heterocycles. The molecule has 0 aliphatic heterocycles. The highest BCUT2D eigenvalue weighted by Gasteiger charge is 2.38. The third-order valence-electron chi connectivity index (χ3n) is 6.51. The zero-order valence-corrected chi connectivity index (χ0v) is 26.9. The van der Waals surface area contributed by atoms with Crippen molar-refractivity contribution in [2.24, 2.45) is 5.92 Å². The van der Waals surface area contributed by atoms with Crippen LogP contribution in [0, 0.1) is 5.92 Å². The van der Waals surface area contributed by atoms with E-state index < -0.39 is 102 Å². The van der Waals surface area contributed by atoms with Gasteiger partial charge < -0.3 is 36.6 Å². The van der Waals surface area contributed by atoms with E-state index in [4.69, 9.17) is 26.6 Å². The predicted molar refractivity (Wildman–Crippen MR) is 162 cm³/mol. The third kappa shape index (κ3) is 17.3. The van der Waals surface area contributed by atoms with Crippen LogP contribution in [-0.2, 0) is 44.8 Å². The smallest absolute Gasteiger partial charge is 0.481 e. The van der Waals surface area contributed by atoms with Crippen molar-refractivity contribution in [1.82, 2.24) is 21.3 Å². The summed E-state index contributed by atoms with van der Waals surface area (Å²) in [6, 6.07) is 3.61. The zero-order chi connectivity index (χ0) is 37.2. The number of amides is 4. The number of alkyl halides is 4. The van der Waals surface area contributed by atoms with Gasteiger partial charge in [0.15, 0.2) is 5.78 Å². The molecule has 1 aromatic rings. The molecule has 0 fully saturated rings. The first-order chi connectivity index (χ1) is 22.2. The lowest BCUT2D eigenvalue weighted by Crippen LogP contribution is -2.59. The van der Waals surface area contributed by atoms with Gasteiger partial charge in [-0.2, -0.15) is 13.2 Å². The summed E-state index contributed by atoms with van der Waals surface area (Å²) in [6.45, 7) is 4.60. The van der Waals surface area contributed by atoms with Crippen LogP contribution in [0.4, 0.5) is 13.2 Å². The molecule has 1 rings (SSSR count). The molecular formula is C29H38ClF3N4O11. The second kappa shape index (κ2) is 21.2. The zero-order valence-electron chi connectivity index (χ0n) is 26.1. The van der Waals surface area contributed by atoms with Gasteiger partial charge in [0.2, 0.25) is 23.6 Å². The van der Waals surface area contributed by atoms with Crippen LogP contribution in [0.2, 0.25) is 0 Å². The van der Waals surface area contributed by atoms with Crippen molar-refractivity contribution in [3.05, 3.63) is 35.9 Å². The van der Waals surface area contributed by atoms with Gasteiger partial charge in [-0.1, -0.05) is 50.6 Å². The van der Waals surface area contributed by atoms with Gasteiger partial charge in [-0.25, -0.2) is 4.79 Å². The largest absolute Gasteiger partial charge is 0.490 e. The van der Waals surface area contributed by atoms with E-state index in [1.54, 1.807) is 44.2 Å². The number of nitrogens with one attached hydrogen (secondary N) is 4. The van der Waals surface area contributed by atoms with Crippen LogP contribution in [0.25, 0.3) is 0 Å². The van der Waals surface area contributed by atoms with Gasteiger partial charge in [0.05, 0.1) is 18.3 Å². The van der Waals surface area contributed by atoms with E-state index in [2.05, 4.69) is 21.3 Å². The molecule has 1 aromatic carbocycles. The van der Waals surface area contributed by atoms with Gasteiger partial charge in [-0.3, -0.25) is 33.6 Å². The number of Topliss-reactive ketones (excluding diaryl/α,β-unsaturated/α-hetero) is 1. The predicted octanol–water partition coefficient (Wildman–Crippen LogP) is 1.02. The minimum Gasteiger partial charge on any atom is -0.481 e. The van der Waals surface area contributed by atoms with Gasteiger partial charge >= 0.3 is 24.1 Å². The number of hydrogen-bond acceptors (Lipinski definition) is 8. The van der Waals surface area contributed by atoms with Crippen LogP contribution in [0.3, 0.4) is 0 Å². The molecule has 0 aromatic heterocycles. The minimum atomic E-state index is -5.08. The molecule has 0 bridgehead atoms. The molecule has 48 heavy (non-hydrogen) atoms. The summed E-state index contributed by atoms with van der Waals surface area (Å²) in [5.74, 6) is -10.1. The van der Waals surface area contributed by atoms with Crippen molar-refractivity contribution in [2.75, 3.05) is 5.88 Å². The fourth-order valence-electron chi connectivity index (χ4n) is 3.84.